The summed E-state index contributed by atoms with van der Waals surface area (Å²) in [5.41, 5.74) is 4.01. The van der Waals surface area contributed by atoms with Gasteiger partial charge in [-0.25, -0.2) is 0 Å². The molecule has 6 heteroatoms. The maximum absolute atomic E-state index is 12.7. The van der Waals surface area contributed by atoms with E-state index >= 15 is 0 Å². The number of aromatic nitrogens is 2. The highest BCUT2D eigenvalue weighted by Crippen LogP contribution is 2.27. The number of rotatable bonds is 4. The Bertz CT molecular complexity index is 1130. The number of carbonyl (C=O) groups excluding carboxylic acids is 1. The molecule has 2 N–H and O–H groups in total. The highest BCUT2D eigenvalue weighted by Gasteiger charge is 2.15. The van der Waals surface area contributed by atoms with E-state index in [1.165, 1.54) is 22.1 Å². The number of aromatic amines is 1. The molecular weight excluding hydrogens is 358 g/mol. The van der Waals surface area contributed by atoms with E-state index in [4.69, 9.17) is 12.2 Å². The Balaban J connectivity index is 1.52. The van der Waals surface area contributed by atoms with Crippen LogP contribution < -0.4 is 10.9 Å². The minimum Gasteiger partial charge on any atom is -0.332 e. The number of hydrogen-bond donors (Lipinski definition) is 2. The standard InChI is InChI=1S/C21H21N3O2S/c25-19(22-17-11-5-7-14-6-1-2-8-15(14)17)12-13-24-20(26)16-9-3-4-10-18(16)23-21(24)27/h3-5,7,9-11H,1-2,6,8,12-13H2,(H,22,25)(H,23,27). The van der Waals surface area contributed by atoms with Crippen LogP contribution in [0.5, 0.6) is 0 Å². The predicted molar refractivity (Wildman–Crippen MR) is 110 cm³/mol. The molecule has 4 rings (SSSR count). The first-order chi connectivity index (χ1) is 13.1. The van der Waals surface area contributed by atoms with E-state index in [1.807, 2.05) is 30.3 Å². The highest BCUT2D eigenvalue weighted by molar-refractivity contribution is 7.71. The van der Waals surface area contributed by atoms with E-state index in [0.717, 1.165) is 24.9 Å². The largest absolute Gasteiger partial charge is 0.332 e. The third-order valence-corrected chi connectivity index (χ3v) is 5.44. The van der Waals surface area contributed by atoms with Gasteiger partial charge in [-0.3, -0.25) is 14.2 Å². The van der Waals surface area contributed by atoms with Gasteiger partial charge in [0, 0.05) is 18.7 Å². The zero-order valence-electron chi connectivity index (χ0n) is 15.0. The fraction of sp³-hybridized carbons (Fsp3) is 0.286. The van der Waals surface area contributed by atoms with Crippen molar-refractivity contribution in [3.8, 4) is 0 Å². The smallest absolute Gasteiger partial charge is 0.262 e. The van der Waals surface area contributed by atoms with Crippen LogP contribution >= 0.6 is 12.2 Å². The van der Waals surface area contributed by atoms with Gasteiger partial charge in [0.25, 0.3) is 5.56 Å². The van der Waals surface area contributed by atoms with Crippen LogP contribution in [0.4, 0.5) is 5.69 Å². The monoisotopic (exact) mass is 379 g/mol. The molecule has 0 saturated carbocycles. The summed E-state index contributed by atoms with van der Waals surface area (Å²) in [6.07, 6.45) is 4.62. The molecule has 5 nitrogen and oxygen atoms in total. The van der Waals surface area contributed by atoms with E-state index in [9.17, 15) is 9.59 Å². The first-order valence-corrected chi connectivity index (χ1v) is 9.67. The Labute approximate surface area is 162 Å². The molecule has 0 spiro atoms. The number of benzene rings is 2. The Hall–Kier alpha value is -2.73. The van der Waals surface area contributed by atoms with Crippen LogP contribution in [0.15, 0.2) is 47.3 Å². The Kier molecular flexibility index (Phi) is 4.90. The second-order valence-corrected chi connectivity index (χ2v) is 7.27. The second kappa shape index (κ2) is 7.48. The lowest BCUT2D eigenvalue weighted by Crippen LogP contribution is -2.25. The number of nitrogens with one attached hydrogen (secondary N) is 2. The number of H-pyrrole nitrogens is 1. The summed E-state index contributed by atoms with van der Waals surface area (Å²) in [6.45, 7) is 0.250. The van der Waals surface area contributed by atoms with Gasteiger partial charge < -0.3 is 10.3 Å². The average molecular weight is 379 g/mol. The van der Waals surface area contributed by atoms with Gasteiger partial charge in [-0.15, -0.1) is 0 Å². The maximum Gasteiger partial charge on any atom is 0.262 e. The van der Waals surface area contributed by atoms with Crippen molar-refractivity contribution in [2.75, 3.05) is 5.32 Å². The molecule has 0 fully saturated rings. The highest BCUT2D eigenvalue weighted by atomic mass is 32.1. The summed E-state index contributed by atoms with van der Waals surface area (Å²) in [4.78, 5) is 28.2. The van der Waals surface area contributed by atoms with Gasteiger partial charge in [-0.05, 0) is 67.2 Å². The van der Waals surface area contributed by atoms with Crippen LogP contribution in [-0.4, -0.2) is 15.5 Å². The Morgan fingerprint density at radius 1 is 1.11 bits per heavy atom. The quantitative estimate of drug-likeness (QED) is 0.674. The molecule has 27 heavy (non-hydrogen) atoms. The molecule has 1 heterocycles. The molecule has 138 valence electrons. The number of amides is 1. The zero-order chi connectivity index (χ0) is 18.8. The van der Waals surface area contributed by atoms with Gasteiger partial charge in [-0.1, -0.05) is 24.3 Å². The van der Waals surface area contributed by atoms with Gasteiger partial charge in [0.15, 0.2) is 4.77 Å². The van der Waals surface area contributed by atoms with Gasteiger partial charge >= 0.3 is 0 Å². The minimum atomic E-state index is -0.167. The number of anilines is 1. The summed E-state index contributed by atoms with van der Waals surface area (Å²) in [6, 6.07) is 13.3. The van der Waals surface area contributed by atoms with Gasteiger partial charge in [0.1, 0.15) is 0 Å². The number of carbonyl (C=O) groups is 1. The van der Waals surface area contributed by atoms with Crippen LogP contribution in [0.2, 0.25) is 0 Å². The summed E-state index contributed by atoms with van der Waals surface area (Å²) in [7, 11) is 0. The lowest BCUT2D eigenvalue weighted by molar-refractivity contribution is -0.116. The molecule has 0 bridgehead atoms. The lowest BCUT2D eigenvalue weighted by Gasteiger charge is -2.19. The number of fused-ring (bicyclic) bond motifs is 2. The topological polar surface area (TPSA) is 66.9 Å². The van der Waals surface area contributed by atoms with Gasteiger partial charge in [0.05, 0.1) is 10.9 Å². The van der Waals surface area contributed by atoms with Crippen LogP contribution in [-0.2, 0) is 24.2 Å². The third kappa shape index (κ3) is 3.57. The molecular formula is C21H21N3O2S. The van der Waals surface area contributed by atoms with Crippen molar-refractivity contribution in [1.82, 2.24) is 9.55 Å². The SMILES string of the molecule is O=C(CCn1c(=S)[nH]c2ccccc2c1=O)Nc1cccc2c1CCCC2. The van der Waals surface area contributed by atoms with Crippen molar-refractivity contribution in [2.45, 2.75) is 38.6 Å². The normalized spacial score (nSPS) is 13.3. The molecule has 1 aromatic heterocycles. The van der Waals surface area contributed by atoms with Crippen molar-refractivity contribution >= 4 is 34.7 Å². The summed E-state index contributed by atoms with van der Waals surface area (Å²) in [5, 5.41) is 3.59. The van der Waals surface area contributed by atoms with Crippen molar-refractivity contribution in [3.05, 3.63) is 68.7 Å². The Morgan fingerprint density at radius 3 is 2.81 bits per heavy atom. The van der Waals surface area contributed by atoms with Crippen molar-refractivity contribution in [3.63, 3.8) is 0 Å². The lowest BCUT2D eigenvalue weighted by atomic mass is 9.90. The zero-order valence-corrected chi connectivity index (χ0v) is 15.8. The fourth-order valence-electron chi connectivity index (χ4n) is 3.73. The van der Waals surface area contributed by atoms with Crippen LogP contribution in [0.1, 0.15) is 30.4 Å². The molecule has 1 amide bonds. The molecule has 2 aromatic carbocycles. The first-order valence-electron chi connectivity index (χ1n) is 9.26. The average Bonchev–Trinajstić information content (AvgIpc) is 2.68. The van der Waals surface area contributed by atoms with Crippen molar-refractivity contribution in [1.29, 1.82) is 0 Å². The summed E-state index contributed by atoms with van der Waals surface area (Å²) >= 11 is 5.30. The maximum atomic E-state index is 12.7. The van der Waals surface area contributed by atoms with E-state index in [1.54, 1.807) is 6.07 Å². The number of aryl methyl sites for hydroxylation is 1. The van der Waals surface area contributed by atoms with Crippen LogP contribution in [0.3, 0.4) is 0 Å². The van der Waals surface area contributed by atoms with Crippen LogP contribution in [0.25, 0.3) is 10.9 Å². The molecule has 0 atom stereocenters. The Morgan fingerprint density at radius 2 is 1.93 bits per heavy atom. The molecule has 0 aliphatic heterocycles. The van der Waals surface area contributed by atoms with Crippen molar-refractivity contribution < 1.29 is 4.79 Å². The molecule has 3 aromatic rings. The van der Waals surface area contributed by atoms with E-state index in [-0.39, 0.29) is 24.4 Å². The van der Waals surface area contributed by atoms with Crippen molar-refractivity contribution in [2.24, 2.45) is 0 Å². The van der Waals surface area contributed by atoms with Crippen LogP contribution in [0, 0.1) is 4.77 Å². The van der Waals surface area contributed by atoms with E-state index in [0.29, 0.717) is 15.7 Å². The van der Waals surface area contributed by atoms with E-state index in [2.05, 4.69) is 16.4 Å². The molecule has 1 aliphatic carbocycles. The minimum absolute atomic E-state index is 0.108. The summed E-state index contributed by atoms with van der Waals surface area (Å²) in [5.74, 6) is -0.108. The number of para-hydroxylation sites is 1. The van der Waals surface area contributed by atoms with E-state index < -0.39 is 0 Å². The molecule has 0 saturated heterocycles. The first kappa shape index (κ1) is 17.7. The number of hydrogen-bond acceptors (Lipinski definition) is 3. The van der Waals surface area contributed by atoms with Gasteiger partial charge in [-0.2, -0.15) is 0 Å². The molecule has 0 unspecified atom stereocenters. The third-order valence-electron chi connectivity index (χ3n) is 5.12. The number of nitrogens with zero attached hydrogens (tertiary/aromatic N) is 1. The molecule has 1 aliphatic rings. The predicted octanol–water partition coefficient (Wildman–Crippen LogP) is 3.97. The molecule has 0 radical (unpaired) electrons. The second-order valence-electron chi connectivity index (χ2n) is 6.88. The van der Waals surface area contributed by atoms with Gasteiger partial charge in [0.2, 0.25) is 5.91 Å². The summed E-state index contributed by atoms with van der Waals surface area (Å²) < 4.78 is 1.79. The fourth-order valence-corrected chi connectivity index (χ4v) is 4.01.